The SMILES string of the molecule is CC(C)(C)OC1OC1N[C@H]1C[C@H](c2nnco2)C1. The van der Waals surface area contributed by atoms with Gasteiger partial charge in [-0.05, 0) is 33.6 Å². The fourth-order valence-corrected chi connectivity index (χ4v) is 2.20. The first kappa shape index (κ1) is 12.1. The molecule has 0 radical (unpaired) electrons. The first-order valence-electron chi connectivity index (χ1n) is 6.37. The Kier molecular flexibility index (Phi) is 2.88. The average molecular weight is 253 g/mol. The molecule has 2 atom stereocenters. The van der Waals surface area contributed by atoms with Gasteiger partial charge >= 0.3 is 0 Å². The standard InChI is InChI=1S/C12H19N3O3/c1-12(2,3)18-11-10(17-11)14-8-4-7(5-8)9-15-13-6-16-9/h6-8,10-11,14H,4-5H2,1-3H3/t7-,8-,10?,11?. The summed E-state index contributed by atoms with van der Waals surface area (Å²) in [6, 6.07) is 0.459. The highest BCUT2D eigenvalue weighted by molar-refractivity contribution is 5.02. The van der Waals surface area contributed by atoms with Crippen LogP contribution in [0, 0.1) is 0 Å². The summed E-state index contributed by atoms with van der Waals surface area (Å²) in [6.45, 7) is 6.09. The molecule has 1 saturated heterocycles. The molecule has 6 heteroatoms. The smallest absolute Gasteiger partial charge is 0.219 e. The Morgan fingerprint density at radius 2 is 2.17 bits per heavy atom. The van der Waals surface area contributed by atoms with Crippen LogP contribution in [0.15, 0.2) is 10.8 Å². The number of rotatable bonds is 4. The Labute approximate surface area is 106 Å². The fourth-order valence-electron chi connectivity index (χ4n) is 2.20. The van der Waals surface area contributed by atoms with Gasteiger partial charge in [0.15, 0.2) is 12.5 Å². The van der Waals surface area contributed by atoms with Crippen molar-refractivity contribution in [3.05, 3.63) is 12.3 Å². The minimum absolute atomic E-state index is 0.0397. The summed E-state index contributed by atoms with van der Waals surface area (Å²) in [7, 11) is 0. The summed E-state index contributed by atoms with van der Waals surface area (Å²) in [4.78, 5) is 0. The van der Waals surface area contributed by atoms with Crippen LogP contribution in [0.5, 0.6) is 0 Å². The second-order valence-corrected chi connectivity index (χ2v) is 5.96. The maximum atomic E-state index is 5.70. The van der Waals surface area contributed by atoms with Gasteiger partial charge in [-0.2, -0.15) is 0 Å². The van der Waals surface area contributed by atoms with Gasteiger partial charge in [0, 0.05) is 12.0 Å². The number of aromatic nitrogens is 2. The first-order chi connectivity index (χ1) is 8.51. The van der Waals surface area contributed by atoms with Crippen LogP contribution in [0.1, 0.15) is 45.4 Å². The van der Waals surface area contributed by atoms with Crippen molar-refractivity contribution in [2.75, 3.05) is 0 Å². The molecule has 0 aromatic carbocycles. The highest BCUT2D eigenvalue weighted by Gasteiger charge is 2.46. The van der Waals surface area contributed by atoms with Gasteiger partial charge in [0.1, 0.15) is 0 Å². The molecule has 2 fully saturated rings. The minimum Gasteiger partial charge on any atom is -0.428 e. The molecule has 1 aliphatic carbocycles. The van der Waals surface area contributed by atoms with Crippen molar-refractivity contribution >= 4 is 0 Å². The van der Waals surface area contributed by atoms with Crippen LogP contribution in [0.25, 0.3) is 0 Å². The van der Waals surface area contributed by atoms with Crippen LogP contribution < -0.4 is 5.32 Å². The van der Waals surface area contributed by atoms with E-state index in [0.717, 1.165) is 18.7 Å². The van der Waals surface area contributed by atoms with Gasteiger partial charge in [-0.15, -0.1) is 10.2 Å². The van der Waals surface area contributed by atoms with Crippen LogP contribution >= 0.6 is 0 Å². The summed E-state index contributed by atoms with van der Waals surface area (Å²) in [5, 5.41) is 11.0. The molecule has 1 saturated carbocycles. The lowest BCUT2D eigenvalue weighted by molar-refractivity contribution is -0.0572. The molecule has 2 unspecified atom stereocenters. The predicted molar refractivity (Wildman–Crippen MR) is 62.7 cm³/mol. The number of hydrogen-bond acceptors (Lipinski definition) is 6. The van der Waals surface area contributed by atoms with Crippen molar-refractivity contribution < 1.29 is 13.9 Å². The molecule has 100 valence electrons. The van der Waals surface area contributed by atoms with E-state index in [1.165, 1.54) is 6.39 Å². The van der Waals surface area contributed by atoms with Crippen LogP contribution in [0.3, 0.4) is 0 Å². The number of epoxide rings is 1. The zero-order valence-corrected chi connectivity index (χ0v) is 10.9. The van der Waals surface area contributed by atoms with E-state index in [9.17, 15) is 0 Å². The average Bonchev–Trinajstić information content (AvgIpc) is 2.74. The maximum Gasteiger partial charge on any atom is 0.219 e. The fraction of sp³-hybridized carbons (Fsp3) is 0.833. The lowest BCUT2D eigenvalue weighted by Gasteiger charge is -2.33. The van der Waals surface area contributed by atoms with Crippen LogP contribution in [-0.4, -0.2) is 34.4 Å². The Balaban J connectivity index is 1.38. The summed E-state index contributed by atoms with van der Waals surface area (Å²) in [5.74, 6) is 1.14. The largest absolute Gasteiger partial charge is 0.428 e. The highest BCUT2D eigenvalue weighted by Crippen LogP contribution is 2.37. The molecule has 0 amide bonds. The predicted octanol–water partition coefficient (Wildman–Crippen LogP) is 1.40. The molecule has 3 rings (SSSR count). The molecule has 6 nitrogen and oxygen atoms in total. The van der Waals surface area contributed by atoms with E-state index >= 15 is 0 Å². The second-order valence-electron chi connectivity index (χ2n) is 5.96. The molecule has 1 aliphatic heterocycles. The summed E-state index contributed by atoms with van der Waals surface area (Å²) in [6.07, 6.45) is 3.35. The van der Waals surface area contributed by atoms with E-state index in [1.54, 1.807) is 0 Å². The zero-order chi connectivity index (χ0) is 12.8. The van der Waals surface area contributed by atoms with E-state index in [4.69, 9.17) is 13.9 Å². The summed E-state index contributed by atoms with van der Waals surface area (Å²) >= 11 is 0. The van der Waals surface area contributed by atoms with Crippen LogP contribution in [0.2, 0.25) is 0 Å². The molecule has 1 aromatic heterocycles. The monoisotopic (exact) mass is 253 g/mol. The number of nitrogens with zero attached hydrogens (tertiary/aromatic N) is 2. The third-order valence-electron chi connectivity index (χ3n) is 3.19. The van der Waals surface area contributed by atoms with Gasteiger partial charge in [-0.1, -0.05) is 0 Å². The van der Waals surface area contributed by atoms with Gasteiger partial charge < -0.3 is 13.9 Å². The molecule has 0 bridgehead atoms. The normalized spacial score (nSPS) is 35.3. The van der Waals surface area contributed by atoms with Crippen molar-refractivity contribution in [3.8, 4) is 0 Å². The Morgan fingerprint density at radius 1 is 1.39 bits per heavy atom. The summed E-state index contributed by atoms with van der Waals surface area (Å²) in [5.41, 5.74) is -0.160. The lowest BCUT2D eigenvalue weighted by Crippen LogP contribution is -2.42. The molecule has 2 heterocycles. The van der Waals surface area contributed by atoms with Gasteiger partial charge in [0.25, 0.3) is 0 Å². The summed E-state index contributed by atoms with van der Waals surface area (Å²) < 4.78 is 16.3. The van der Waals surface area contributed by atoms with Gasteiger partial charge in [0.05, 0.1) is 5.60 Å². The van der Waals surface area contributed by atoms with Gasteiger partial charge in [-0.3, -0.25) is 5.32 Å². The van der Waals surface area contributed by atoms with E-state index in [-0.39, 0.29) is 18.1 Å². The Hall–Kier alpha value is -0.980. The number of ether oxygens (including phenoxy) is 2. The minimum atomic E-state index is -0.160. The number of hydrogen-bond donors (Lipinski definition) is 1. The molecule has 1 N–H and O–H groups in total. The van der Waals surface area contributed by atoms with Crippen molar-refractivity contribution in [1.82, 2.24) is 15.5 Å². The number of nitrogens with one attached hydrogen (secondary N) is 1. The zero-order valence-electron chi connectivity index (χ0n) is 10.9. The van der Waals surface area contributed by atoms with E-state index < -0.39 is 0 Å². The molecule has 18 heavy (non-hydrogen) atoms. The Bertz CT molecular complexity index is 395. The van der Waals surface area contributed by atoms with Gasteiger partial charge in [-0.25, -0.2) is 0 Å². The van der Waals surface area contributed by atoms with Gasteiger partial charge in [0.2, 0.25) is 12.3 Å². The molecular weight excluding hydrogens is 234 g/mol. The molecule has 1 aromatic rings. The van der Waals surface area contributed by atoms with E-state index in [2.05, 4.69) is 15.5 Å². The van der Waals surface area contributed by atoms with Crippen molar-refractivity contribution in [2.24, 2.45) is 0 Å². The van der Waals surface area contributed by atoms with E-state index in [0.29, 0.717) is 12.0 Å². The molecular formula is C12H19N3O3. The van der Waals surface area contributed by atoms with E-state index in [1.807, 2.05) is 20.8 Å². The van der Waals surface area contributed by atoms with Crippen molar-refractivity contribution in [2.45, 2.75) is 63.7 Å². The topological polar surface area (TPSA) is 72.7 Å². The molecule has 0 spiro atoms. The highest BCUT2D eigenvalue weighted by atomic mass is 16.8. The van der Waals surface area contributed by atoms with Crippen LogP contribution in [0.4, 0.5) is 0 Å². The maximum absolute atomic E-state index is 5.70. The third kappa shape index (κ3) is 2.71. The van der Waals surface area contributed by atoms with Crippen molar-refractivity contribution in [1.29, 1.82) is 0 Å². The lowest BCUT2D eigenvalue weighted by atomic mass is 9.80. The second kappa shape index (κ2) is 4.29. The quantitative estimate of drug-likeness (QED) is 0.818. The molecule has 2 aliphatic rings. The van der Waals surface area contributed by atoms with Crippen LogP contribution in [-0.2, 0) is 9.47 Å². The van der Waals surface area contributed by atoms with Crippen molar-refractivity contribution in [3.63, 3.8) is 0 Å². The first-order valence-corrected chi connectivity index (χ1v) is 6.37. The Morgan fingerprint density at radius 3 is 2.78 bits per heavy atom. The third-order valence-corrected chi connectivity index (χ3v) is 3.19.